The Bertz CT molecular complexity index is 476. The van der Waals surface area contributed by atoms with Crippen molar-refractivity contribution in [1.82, 2.24) is 4.57 Å². The van der Waals surface area contributed by atoms with Crippen LogP contribution in [-0.2, 0) is 6.42 Å². The van der Waals surface area contributed by atoms with Gasteiger partial charge in [-0.2, -0.15) is 0 Å². The van der Waals surface area contributed by atoms with Gasteiger partial charge in [-0.1, -0.05) is 34.6 Å². The number of rotatable bonds is 1. The largest absolute Gasteiger partial charge is 0.388 e. The van der Waals surface area contributed by atoms with Crippen LogP contribution < -0.4 is 0 Å². The van der Waals surface area contributed by atoms with Gasteiger partial charge in [-0.15, -0.1) is 0 Å². The van der Waals surface area contributed by atoms with Gasteiger partial charge in [0.15, 0.2) is 0 Å². The predicted octanol–water partition coefficient (Wildman–Crippen LogP) is 4.41. The lowest BCUT2D eigenvalue weighted by Crippen LogP contribution is -2.30. The minimum absolute atomic E-state index is 0.187. The highest BCUT2D eigenvalue weighted by Crippen LogP contribution is 2.44. The van der Waals surface area contributed by atoms with Crippen molar-refractivity contribution in [3.63, 3.8) is 0 Å². The van der Waals surface area contributed by atoms with E-state index in [1.165, 1.54) is 11.4 Å². The molecule has 1 aliphatic rings. The van der Waals surface area contributed by atoms with E-state index in [1.54, 1.807) is 0 Å². The first kappa shape index (κ1) is 14.6. The van der Waals surface area contributed by atoms with Crippen molar-refractivity contribution in [3.05, 3.63) is 23.0 Å². The van der Waals surface area contributed by atoms with E-state index in [-0.39, 0.29) is 16.9 Å². The Hall–Kier alpha value is -0.760. The maximum atomic E-state index is 10.4. The van der Waals surface area contributed by atoms with Gasteiger partial charge < -0.3 is 9.67 Å². The van der Waals surface area contributed by atoms with Crippen molar-refractivity contribution in [1.29, 1.82) is 0 Å². The van der Waals surface area contributed by atoms with Gasteiger partial charge in [-0.3, -0.25) is 0 Å². The molecule has 1 aliphatic carbocycles. The minimum Gasteiger partial charge on any atom is -0.388 e. The smallest absolute Gasteiger partial charge is 0.0812 e. The fourth-order valence-electron chi connectivity index (χ4n) is 3.29. The first-order valence-electron chi connectivity index (χ1n) is 7.41. The molecule has 1 N–H and O–H groups in total. The number of hydrogen-bond acceptors (Lipinski definition) is 1. The van der Waals surface area contributed by atoms with Crippen molar-refractivity contribution in [2.75, 3.05) is 0 Å². The zero-order valence-electron chi connectivity index (χ0n) is 13.5. The minimum atomic E-state index is -0.300. The first-order valence-corrected chi connectivity index (χ1v) is 7.41. The van der Waals surface area contributed by atoms with Crippen LogP contribution in [0.1, 0.15) is 77.1 Å². The summed E-state index contributed by atoms with van der Waals surface area (Å²) in [6.07, 6.45) is 1.63. The molecule has 2 rings (SSSR count). The quantitative estimate of drug-likeness (QED) is 0.797. The maximum Gasteiger partial charge on any atom is 0.0812 e. The van der Waals surface area contributed by atoms with E-state index in [9.17, 15) is 5.11 Å². The molecule has 108 valence electrons. The van der Waals surface area contributed by atoms with Gasteiger partial charge in [0.05, 0.1) is 6.10 Å². The molecule has 0 aromatic carbocycles. The maximum absolute atomic E-state index is 10.4. The highest BCUT2D eigenvalue weighted by molar-refractivity contribution is 5.34. The van der Waals surface area contributed by atoms with E-state index in [0.29, 0.717) is 6.04 Å². The summed E-state index contributed by atoms with van der Waals surface area (Å²) in [4.78, 5) is 0. The van der Waals surface area contributed by atoms with E-state index in [0.717, 1.165) is 18.4 Å². The normalized spacial score (nSPS) is 24.1. The first-order chi connectivity index (χ1) is 8.53. The molecule has 0 fully saturated rings. The SMILES string of the molecule is Cc1cc2c(n1C(C)C(C)(C)C)CC(C)(C)CC2O. The average Bonchev–Trinajstić information content (AvgIpc) is 2.51. The highest BCUT2D eigenvalue weighted by atomic mass is 16.3. The summed E-state index contributed by atoms with van der Waals surface area (Å²) >= 11 is 0. The third kappa shape index (κ3) is 2.60. The second-order valence-electron chi connectivity index (χ2n) is 8.16. The molecule has 1 heterocycles. The van der Waals surface area contributed by atoms with Crippen LogP contribution in [-0.4, -0.2) is 9.67 Å². The van der Waals surface area contributed by atoms with Gasteiger partial charge in [-0.25, -0.2) is 0 Å². The number of aliphatic hydroxyl groups is 1. The van der Waals surface area contributed by atoms with Crippen LogP contribution in [0.15, 0.2) is 6.07 Å². The number of aliphatic hydroxyl groups excluding tert-OH is 1. The van der Waals surface area contributed by atoms with E-state index in [4.69, 9.17) is 0 Å². The van der Waals surface area contributed by atoms with Crippen LogP contribution in [0.3, 0.4) is 0 Å². The Labute approximate surface area is 117 Å². The van der Waals surface area contributed by atoms with Gasteiger partial charge in [0.1, 0.15) is 0 Å². The molecule has 1 aromatic rings. The lowest BCUT2D eigenvalue weighted by Gasteiger charge is -2.37. The van der Waals surface area contributed by atoms with Crippen LogP contribution in [0.2, 0.25) is 0 Å². The molecule has 0 bridgehead atoms. The van der Waals surface area contributed by atoms with Crippen LogP contribution in [0, 0.1) is 17.8 Å². The summed E-state index contributed by atoms with van der Waals surface area (Å²) in [5, 5.41) is 10.4. The fourth-order valence-corrected chi connectivity index (χ4v) is 3.29. The van der Waals surface area contributed by atoms with Crippen molar-refractivity contribution in [2.24, 2.45) is 10.8 Å². The average molecular weight is 263 g/mol. The molecule has 2 nitrogen and oxygen atoms in total. The third-order valence-electron chi connectivity index (χ3n) is 4.76. The van der Waals surface area contributed by atoms with Crippen LogP contribution >= 0.6 is 0 Å². The van der Waals surface area contributed by atoms with Crippen molar-refractivity contribution in [2.45, 2.75) is 73.5 Å². The molecule has 2 atom stereocenters. The molecular weight excluding hydrogens is 234 g/mol. The highest BCUT2D eigenvalue weighted by Gasteiger charge is 2.36. The van der Waals surface area contributed by atoms with Crippen LogP contribution in [0.4, 0.5) is 0 Å². The summed E-state index contributed by atoms with van der Waals surface area (Å²) in [6, 6.07) is 2.63. The molecule has 0 amide bonds. The van der Waals surface area contributed by atoms with Crippen molar-refractivity contribution < 1.29 is 5.11 Å². The molecule has 19 heavy (non-hydrogen) atoms. The molecule has 1 aromatic heterocycles. The number of aromatic nitrogens is 1. The lowest BCUT2D eigenvalue weighted by molar-refractivity contribution is 0.0961. The van der Waals surface area contributed by atoms with Crippen molar-refractivity contribution >= 4 is 0 Å². The number of aryl methyl sites for hydroxylation is 1. The zero-order chi connectivity index (χ0) is 14.6. The van der Waals surface area contributed by atoms with E-state index >= 15 is 0 Å². The monoisotopic (exact) mass is 263 g/mol. The Kier molecular flexibility index (Phi) is 3.37. The molecule has 0 saturated heterocycles. The van der Waals surface area contributed by atoms with Crippen LogP contribution in [0.25, 0.3) is 0 Å². The number of nitrogens with zero attached hydrogens (tertiary/aromatic N) is 1. The van der Waals surface area contributed by atoms with Gasteiger partial charge in [0, 0.05) is 23.0 Å². The van der Waals surface area contributed by atoms with Gasteiger partial charge in [0.2, 0.25) is 0 Å². The summed E-state index contributed by atoms with van der Waals surface area (Å²) in [6.45, 7) is 15.8. The van der Waals surface area contributed by atoms with Gasteiger partial charge in [-0.05, 0) is 43.6 Å². The van der Waals surface area contributed by atoms with E-state index in [1.807, 2.05) is 0 Å². The predicted molar refractivity (Wildman–Crippen MR) is 80.4 cm³/mol. The standard InChI is InChI=1S/C17H29NO/c1-11-8-13-14(9-17(6,7)10-15(13)19)18(11)12(2)16(3,4)5/h8,12,15,19H,9-10H2,1-7H3. The summed E-state index contributed by atoms with van der Waals surface area (Å²) in [5.74, 6) is 0. The van der Waals surface area contributed by atoms with Gasteiger partial charge in [0.25, 0.3) is 0 Å². The Morgan fingerprint density at radius 3 is 2.47 bits per heavy atom. The number of hydrogen-bond donors (Lipinski definition) is 1. The lowest BCUT2D eigenvalue weighted by atomic mass is 9.75. The Balaban J connectivity index is 2.53. The summed E-state index contributed by atoms with van der Waals surface area (Å²) < 4.78 is 2.46. The molecule has 0 aliphatic heterocycles. The molecule has 2 unspecified atom stereocenters. The third-order valence-corrected chi connectivity index (χ3v) is 4.76. The molecule has 0 radical (unpaired) electrons. The Morgan fingerprint density at radius 2 is 1.95 bits per heavy atom. The van der Waals surface area contributed by atoms with E-state index in [2.05, 4.69) is 59.1 Å². The molecule has 0 spiro atoms. The van der Waals surface area contributed by atoms with E-state index < -0.39 is 0 Å². The topological polar surface area (TPSA) is 25.2 Å². The fraction of sp³-hybridized carbons (Fsp3) is 0.765. The Morgan fingerprint density at radius 1 is 1.37 bits per heavy atom. The summed E-state index contributed by atoms with van der Waals surface area (Å²) in [7, 11) is 0. The second kappa shape index (κ2) is 4.37. The zero-order valence-corrected chi connectivity index (χ0v) is 13.5. The number of fused-ring (bicyclic) bond motifs is 1. The molecule has 0 saturated carbocycles. The summed E-state index contributed by atoms with van der Waals surface area (Å²) in [5.41, 5.74) is 4.21. The second-order valence-corrected chi connectivity index (χ2v) is 8.16. The molecule has 2 heteroatoms. The molecular formula is C17H29NO. The van der Waals surface area contributed by atoms with Gasteiger partial charge >= 0.3 is 0 Å². The van der Waals surface area contributed by atoms with Crippen LogP contribution in [0.5, 0.6) is 0 Å². The van der Waals surface area contributed by atoms with Crippen molar-refractivity contribution in [3.8, 4) is 0 Å².